The third kappa shape index (κ3) is 2.29. The van der Waals surface area contributed by atoms with Crippen molar-refractivity contribution in [3.63, 3.8) is 0 Å². The molecule has 0 aromatic heterocycles. The molecule has 2 aromatic carbocycles. The number of hydrogen-bond donors (Lipinski definition) is 2. The summed E-state index contributed by atoms with van der Waals surface area (Å²) < 4.78 is 13.7. The zero-order valence-electron chi connectivity index (χ0n) is 10.8. The molecular formula is C16H10FNO3. The number of carboxylic acids is 1. The number of benzene rings is 2. The number of fused-ring (bicyclic) bond motifs is 1. The number of carbonyl (C=O) groups excluding carboxylic acids is 1. The van der Waals surface area contributed by atoms with E-state index in [1.807, 2.05) is 0 Å². The van der Waals surface area contributed by atoms with Gasteiger partial charge in [0.25, 0.3) is 5.91 Å². The van der Waals surface area contributed by atoms with E-state index in [0.29, 0.717) is 22.4 Å². The standard InChI is InChI=1S/C16H10FNO3/c17-13-4-2-1-3-9(13)7-12-11-6-5-10(16(20)21)8-14(11)18-15(12)19/h1-8H,(H,18,19)(H,20,21). The predicted octanol–water partition coefficient (Wildman–Crippen LogP) is 3.02. The molecule has 2 aromatic rings. The number of anilines is 1. The lowest BCUT2D eigenvalue weighted by atomic mass is 10.0. The van der Waals surface area contributed by atoms with Gasteiger partial charge in [-0.15, -0.1) is 0 Å². The molecule has 0 saturated carbocycles. The Morgan fingerprint density at radius 3 is 2.67 bits per heavy atom. The van der Waals surface area contributed by atoms with Crippen molar-refractivity contribution in [2.24, 2.45) is 0 Å². The number of nitrogens with one attached hydrogen (secondary N) is 1. The molecule has 0 atom stereocenters. The fourth-order valence-corrected chi connectivity index (χ4v) is 2.22. The van der Waals surface area contributed by atoms with E-state index in [0.717, 1.165) is 0 Å². The largest absolute Gasteiger partial charge is 0.478 e. The summed E-state index contributed by atoms with van der Waals surface area (Å²) in [5, 5.41) is 11.5. The van der Waals surface area contributed by atoms with Crippen LogP contribution in [0.5, 0.6) is 0 Å². The monoisotopic (exact) mass is 283 g/mol. The third-order valence-electron chi connectivity index (χ3n) is 3.25. The van der Waals surface area contributed by atoms with E-state index >= 15 is 0 Å². The molecule has 0 aliphatic carbocycles. The van der Waals surface area contributed by atoms with Crippen LogP contribution >= 0.6 is 0 Å². The van der Waals surface area contributed by atoms with Gasteiger partial charge in [0.15, 0.2) is 0 Å². The van der Waals surface area contributed by atoms with Crippen molar-refractivity contribution < 1.29 is 19.1 Å². The fraction of sp³-hybridized carbons (Fsp3) is 0. The number of halogens is 1. The molecule has 0 spiro atoms. The summed E-state index contributed by atoms with van der Waals surface area (Å²) >= 11 is 0. The lowest BCUT2D eigenvalue weighted by Gasteiger charge is -2.01. The van der Waals surface area contributed by atoms with Crippen molar-refractivity contribution in [3.05, 3.63) is 65.0 Å². The summed E-state index contributed by atoms with van der Waals surface area (Å²) in [6.45, 7) is 0. The first-order valence-electron chi connectivity index (χ1n) is 6.21. The predicted molar refractivity (Wildman–Crippen MR) is 76.3 cm³/mol. The number of amides is 1. The van der Waals surface area contributed by atoms with Crippen LogP contribution in [0.2, 0.25) is 0 Å². The van der Waals surface area contributed by atoms with Crippen molar-refractivity contribution in [3.8, 4) is 0 Å². The summed E-state index contributed by atoms with van der Waals surface area (Å²) in [7, 11) is 0. The highest BCUT2D eigenvalue weighted by Gasteiger charge is 2.25. The number of carboxylic acid groups (broad SMARTS) is 1. The van der Waals surface area contributed by atoms with Gasteiger partial charge in [-0.3, -0.25) is 4.79 Å². The van der Waals surface area contributed by atoms with E-state index in [9.17, 15) is 14.0 Å². The van der Waals surface area contributed by atoms with Crippen molar-refractivity contribution in [1.29, 1.82) is 0 Å². The van der Waals surface area contributed by atoms with Gasteiger partial charge >= 0.3 is 5.97 Å². The van der Waals surface area contributed by atoms with Crippen molar-refractivity contribution in [2.75, 3.05) is 5.32 Å². The van der Waals surface area contributed by atoms with Gasteiger partial charge in [0.2, 0.25) is 0 Å². The van der Waals surface area contributed by atoms with Gasteiger partial charge in [0.1, 0.15) is 5.82 Å². The van der Waals surface area contributed by atoms with E-state index in [1.165, 1.54) is 24.3 Å². The van der Waals surface area contributed by atoms with E-state index in [2.05, 4.69) is 5.32 Å². The molecular weight excluding hydrogens is 273 g/mol. The van der Waals surface area contributed by atoms with Crippen molar-refractivity contribution in [2.45, 2.75) is 0 Å². The summed E-state index contributed by atoms with van der Waals surface area (Å²) in [6, 6.07) is 10.5. The molecule has 0 saturated heterocycles. The highest BCUT2D eigenvalue weighted by Crippen LogP contribution is 2.34. The fourth-order valence-electron chi connectivity index (χ4n) is 2.22. The second-order valence-corrected chi connectivity index (χ2v) is 4.60. The van der Waals surface area contributed by atoms with Crippen LogP contribution < -0.4 is 5.32 Å². The Bertz CT molecular complexity index is 796. The lowest BCUT2D eigenvalue weighted by molar-refractivity contribution is -0.110. The Balaban J connectivity index is 2.09. The quantitative estimate of drug-likeness (QED) is 0.832. The molecule has 1 aliphatic rings. The van der Waals surface area contributed by atoms with Crippen LogP contribution in [-0.4, -0.2) is 17.0 Å². The molecule has 3 rings (SSSR count). The number of carbonyl (C=O) groups is 2. The van der Waals surface area contributed by atoms with Crippen LogP contribution in [0, 0.1) is 5.82 Å². The maximum Gasteiger partial charge on any atom is 0.335 e. The van der Waals surface area contributed by atoms with E-state index in [4.69, 9.17) is 5.11 Å². The number of rotatable bonds is 2. The van der Waals surface area contributed by atoms with Gasteiger partial charge in [0, 0.05) is 22.4 Å². The molecule has 0 radical (unpaired) electrons. The Labute approximate surface area is 119 Å². The molecule has 4 nitrogen and oxygen atoms in total. The van der Waals surface area contributed by atoms with Crippen LogP contribution in [0.4, 0.5) is 10.1 Å². The first-order valence-corrected chi connectivity index (χ1v) is 6.21. The second-order valence-electron chi connectivity index (χ2n) is 4.60. The molecule has 0 bridgehead atoms. The molecule has 5 heteroatoms. The van der Waals surface area contributed by atoms with Crippen molar-refractivity contribution >= 4 is 29.2 Å². The summed E-state index contributed by atoms with van der Waals surface area (Å²) in [6.07, 6.45) is 1.46. The highest BCUT2D eigenvalue weighted by molar-refractivity contribution is 6.35. The highest BCUT2D eigenvalue weighted by atomic mass is 19.1. The number of aromatic carboxylic acids is 1. The van der Waals surface area contributed by atoms with Gasteiger partial charge in [0.05, 0.1) is 5.56 Å². The van der Waals surface area contributed by atoms with Gasteiger partial charge in [-0.25, -0.2) is 9.18 Å². The number of hydrogen-bond acceptors (Lipinski definition) is 2. The summed E-state index contributed by atoms with van der Waals surface area (Å²) in [5.74, 6) is -1.87. The first-order chi connectivity index (χ1) is 10.1. The van der Waals surface area contributed by atoms with E-state index in [-0.39, 0.29) is 11.5 Å². The second kappa shape index (κ2) is 4.86. The van der Waals surface area contributed by atoms with Gasteiger partial charge < -0.3 is 10.4 Å². The smallest absolute Gasteiger partial charge is 0.335 e. The third-order valence-corrected chi connectivity index (χ3v) is 3.25. The molecule has 0 unspecified atom stereocenters. The Hall–Kier alpha value is -2.95. The normalized spacial score (nSPS) is 14.9. The molecule has 21 heavy (non-hydrogen) atoms. The van der Waals surface area contributed by atoms with Gasteiger partial charge in [-0.05, 0) is 24.3 Å². The van der Waals surface area contributed by atoms with Gasteiger partial charge in [-0.2, -0.15) is 0 Å². The Morgan fingerprint density at radius 2 is 1.95 bits per heavy atom. The molecule has 1 heterocycles. The minimum Gasteiger partial charge on any atom is -0.478 e. The van der Waals surface area contributed by atoms with E-state index in [1.54, 1.807) is 24.3 Å². The molecule has 104 valence electrons. The zero-order valence-corrected chi connectivity index (χ0v) is 10.8. The van der Waals surface area contributed by atoms with E-state index < -0.39 is 11.8 Å². The average Bonchev–Trinajstić information content (AvgIpc) is 2.76. The molecule has 0 fully saturated rings. The minimum absolute atomic E-state index is 0.0844. The van der Waals surface area contributed by atoms with Crippen molar-refractivity contribution in [1.82, 2.24) is 0 Å². The molecule has 2 N–H and O–H groups in total. The Kier molecular flexibility index (Phi) is 3.02. The maximum absolute atomic E-state index is 13.7. The van der Waals surface area contributed by atoms with Crippen LogP contribution in [0.3, 0.4) is 0 Å². The molecule has 1 aliphatic heterocycles. The van der Waals surface area contributed by atoms with Gasteiger partial charge in [-0.1, -0.05) is 24.3 Å². The topological polar surface area (TPSA) is 66.4 Å². The van der Waals surface area contributed by atoms with Crippen LogP contribution in [-0.2, 0) is 4.79 Å². The summed E-state index contributed by atoms with van der Waals surface area (Å²) in [4.78, 5) is 22.9. The van der Waals surface area contributed by atoms with Crippen LogP contribution in [0.25, 0.3) is 11.6 Å². The van der Waals surface area contributed by atoms with Crippen LogP contribution in [0.1, 0.15) is 21.5 Å². The SMILES string of the molecule is O=C1Nc2cc(C(=O)O)ccc2C1=Cc1ccccc1F. The zero-order chi connectivity index (χ0) is 15.0. The lowest BCUT2D eigenvalue weighted by Crippen LogP contribution is -2.04. The maximum atomic E-state index is 13.7. The average molecular weight is 283 g/mol. The van der Waals surface area contributed by atoms with Crippen LogP contribution in [0.15, 0.2) is 42.5 Å². The summed E-state index contributed by atoms with van der Waals surface area (Å²) in [5.41, 5.74) is 1.68. The minimum atomic E-state index is -1.07. The Morgan fingerprint density at radius 1 is 1.19 bits per heavy atom. The first kappa shape index (κ1) is 13.1. The molecule has 1 amide bonds.